The fourth-order valence-corrected chi connectivity index (χ4v) is 2.95. The molecule has 0 bridgehead atoms. The maximum absolute atomic E-state index is 9.21. The van der Waals surface area contributed by atoms with E-state index in [0.29, 0.717) is 19.7 Å². The van der Waals surface area contributed by atoms with Crippen LogP contribution in [-0.4, -0.2) is 83.8 Å². The van der Waals surface area contributed by atoms with Crippen LogP contribution in [0.2, 0.25) is 0 Å². The van der Waals surface area contributed by atoms with Crippen LogP contribution in [0.1, 0.15) is 34.6 Å². The molecule has 0 radical (unpaired) electrons. The summed E-state index contributed by atoms with van der Waals surface area (Å²) in [7, 11) is 0. The molecule has 0 amide bonds. The molecule has 0 saturated carbocycles. The lowest BCUT2D eigenvalue weighted by atomic mass is 10.0. The van der Waals surface area contributed by atoms with Crippen molar-refractivity contribution in [1.29, 1.82) is 0 Å². The lowest BCUT2D eigenvalue weighted by Gasteiger charge is -2.30. The minimum atomic E-state index is -0.566. The standard InChI is InChI=1S/C16H30N6O2/c1-6-24-22-10-8-18-14(22)16(4,5)20-19-15(2,3)13-17-7-9-21(13)11-12-23/h23H,6-12H2,1-5H3. The highest BCUT2D eigenvalue weighted by Gasteiger charge is 2.36. The highest BCUT2D eigenvalue weighted by molar-refractivity contribution is 5.93. The van der Waals surface area contributed by atoms with Gasteiger partial charge in [0.25, 0.3) is 0 Å². The number of hydrogen-bond acceptors (Lipinski definition) is 8. The smallest absolute Gasteiger partial charge is 0.153 e. The van der Waals surface area contributed by atoms with E-state index in [1.54, 1.807) is 0 Å². The first-order valence-corrected chi connectivity index (χ1v) is 8.62. The van der Waals surface area contributed by atoms with E-state index in [4.69, 9.17) is 4.84 Å². The zero-order chi connectivity index (χ0) is 17.8. The molecule has 24 heavy (non-hydrogen) atoms. The van der Waals surface area contributed by atoms with Crippen molar-refractivity contribution < 1.29 is 9.94 Å². The van der Waals surface area contributed by atoms with E-state index in [2.05, 4.69) is 25.1 Å². The normalized spacial score (nSPS) is 19.4. The van der Waals surface area contributed by atoms with Gasteiger partial charge in [-0.2, -0.15) is 10.2 Å². The maximum Gasteiger partial charge on any atom is 0.153 e. The van der Waals surface area contributed by atoms with Gasteiger partial charge in [-0.3, -0.25) is 14.8 Å². The molecule has 0 atom stereocenters. The molecular weight excluding hydrogens is 308 g/mol. The van der Waals surface area contributed by atoms with Crippen LogP contribution in [0.4, 0.5) is 0 Å². The van der Waals surface area contributed by atoms with Gasteiger partial charge in [-0.15, -0.1) is 0 Å². The predicted molar refractivity (Wildman–Crippen MR) is 94.6 cm³/mol. The highest BCUT2D eigenvalue weighted by Crippen LogP contribution is 2.24. The first-order valence-electron chi connectivity index (χ1n) is 8.62. The van der Waals surface area contributed by atoms with Gasteiger partial charge >= 0.3 is 0 Å². The number of nitrogens with zero attached hydrogens (tertiary/aromatic N) is 6. The van der Waals surface area contributed by atoms with Gasteiger partial charge in [0, 0.05) is 13.1 Å². The summed E-state index contributed by atoms with van der Waals surface area (Å²) < 4.78 is 0. The molecule has 0 aromatic heterocycles. The summed E-state index contributed by atoms with van der Waals surface area (Å²) in [5.74, 6) is 1.69. The molecule has 0 fully saturated rings. The summed E-state index contributed by atoms with van der Waals surface area (Å²) in [6.45, 7) is 14.3. The third-order valence-electron chi connectivity index (χ3n) is 4.03. The van der Waals surface area contributed by atoms with Gasteiger partial charge in [0.1, 0.15) is 16.9 Å². The second kappa shape index (κ2) is 7.57. The van der Waals surface area contributed by atoms with Crippen LogP contribution in [0.25, 0.3) is 0 Å². The Bertz CT molecular complexity index is 481. The lowest BCUT2D eigenvalue weighted by molar-refractivity contribution is -0.0886. The molecular formula is C16H30N6O2. The second-order valence-electron chi connectivity index (χ2n) is 6.96. The van der Waals surface area contributed by atoms with Crippen molar-refractivity contribution in [3.8, 4) is 0 Å². The molecule has 0 saturated heterocycles. The van der Waals surface area contributed by atoms with Crippen LogP contribution in [-0.2, 0) is 4.84 Å². The van der Waals surface area contributed by atoms with E-state index < -0.39 is 11.1 Å². The van der Waals surface area contributed by atoms with E-state index in [1.807, 2.05) is 39.7 Å². The molecule has 0 aromatic carbocycles. The monoisotopic (exact) mass is 338 g/mol. The SMILES string of the molecule is CCON1CCN=C1C(C)(C)N=NC(C)(C)C1=NCCN1CCO. The van der Waals surface area contributed by atoms with E-state index in [1.165, 1.54) is 0 Å². The number of β-amino-alcohol motifs (C(OH)–C–C–N with tert-alkyl or cyclic N) is 1. The molecule has 2 aliphatic heterocycles. The summed E-state index contributed by atoms with van der Waals surface area (Å²) in [5, 5.41) is 20.2. The second-order valence-corrected chi connectivity index (χ2v) is 6.96. The van der Waals surface area contributed by atoms with Gasteiger partial charge in [0.2, 0.25) is 0 Å². The molecule has 8 nitrogen and oxygen atoms in total. The Morgan fingerprint density at radius 3 is 2.25 bits per heavy atom. The topological polar surface area (TPSA) is 85.4 Å². The van der Waals surface area contributed by atoms with E-state index in [0.717, 1.165) is 31.3 Å². The average molecular weight is 338 g/mol. The summed E-state index contributed by atoms with van der Waals surface area (Å²) in [4.78, 5) is 16.8. The van der Waals surface area contributed by atoms with Crippen molar-refractivity contribution in [3.63, 3.8) is 0 Å². The van der Waals surface area contributed by atoms with E-state index >= 15 is 0 Å². The van der Waals surface area contributed by atoms with Crippen LogP contribution in [0.3, 0.4) is 0 Å². The molecule has 0 unspecified atom stereocenters. The summed E-state index contributed by atoms with van der Waals surface area (Å²) in [6.07, 6.45) is 0. The number of rotatable bonds is 8. The number of aliphatic imine (C=N–C) groups is 2. The molecule has 0 aliphatic carbocycles. The van der Waals surface area contributed by atoms with Crippen molar-refractivity contribution >= 4 is 11.7 Å². The number of azo groups is 1. The zero-order valence-corrected chi connectivity index (χ0v) is 15.5. The highest BCUT2D eigenvalue weighted by atomic mass is 16.7. The average Bonchev–Trinajstić information content (AvgIpc) is 3.16. The molecule has 0 aromatic rings. The van der Waals surface area contributed by atoms with Crippen molar-refractivity contribution in [3.05, 3.63) is 0 Å². The van der Waals surface area contributed by atoms with Crippen molar-refractivity contribution in [2.45, 2.75) is 45.7 Å². The first kappa shape index (κ1) is 18.8. The Kier molecular flexibility index (Phi) is 5.92. The van der Waals surface area contributed by atoms with Crippen LogP contribution < -0.4 is 0 Å². The van der Waals surface area contributed by atoms with Gasteiger partial charge in [0.15, 0.2) is 5.84 Å². The largest absolute Gasteiger partial charge is 0.395 e. The fourth-order valence-electron chi connectivity index (χ4n) is 2.95. The van der Waals surface area contributed by atoms with Crippen molar-refractivity contribution in [2.24, 2.45) is 20.2 Å². The Morgan fingerprint density at radius 2 is 1.62 bits per heavy atom. The Morgan fingerprint density at radius 1 is 1.04 bits per heavy atom. The molecule has 2 heterocycles. The van der Waals surface area contributed by atoms with Crippen LogP contribution in [0.5, 0.6) is 0 Å². The predicted octanol–water partition coefficient (Wildman–Crippen LogP) is 1.37. The van der Waals surface area contributed by atoms with Gasteiger partial charge in [-0.25, -0.2) is 5.06 Å². The fraction of sp³-hybridized carbons (Fsp3) is 0.875. The molecule has 2 rings (SSSR count). The number of hydrogen-bond donors (Lipinski definition) is 1. The van der Waals surface area contributed by atoms with Crippen LogP contribution in [0, 0.1) is 0 Å². The Balaban J connectivity index is 2.13. The molecule has 0 spiro atoms. The zero-order valence-electron chi connectivity index (χ0n) is 15.5. The Hall–Kier alpha value is -1.54. The maximum atomic E-state index is 9.21. The first-order chi connectivity index (χ1) is 11.3. The molecule has 136 valence electrons. The molecule has 2 aliphatic rings. The van der Waals surface area contributed by atoms with E-state index in [9.17, 15) is 5.11 Å². The summed E-state index contributed by atoms with van der Waals surface area (Å²) in [5.41, 5.74) is -1.11. The van der Waals surface area contributed by atoms with Gasteiger partial charge in [0.05, 0.1) is 32.8 Å². The van der Waals surface area contributed by atoms with Crippen LogP contribution >= 0.6 is 0 Å². The lowest BCUT2D eigenvalue weighted by Crippen LogP contribution is -2.44. The molecule has 8 heteroatoms. The summed E-state index contributed by atoms with van der Waals surface area (Å²) >= 11 is 0. The number of aliphatic hydroxyl groups excluding tert-OH is 1. The molecule has 1 N–H and O–H groups in total. The number of amidine groups is 2. The quantitative estimate of drug-likeness (QED) is 0.677. The van der Waals surface area contributed by atoms with Crippen molar-refractivity contribution in [1.82, 2.24) is 9.96 Å². The van der Waals surface area contributed by atoms with Crippen molar-refractivity contribution in [2.75, 3.05) is 45.9 Å². The Labute approximate surface area is 144 Å². The van der Waals surface area contributed by atoms with E-state index in [-0.39, 0.29) is 6.61 Å². The third kappa shape index (κ3) is 4.10. The van der Waals surface area contributed by atoms with Gasteiger partial charge < -0.3 is 10.0 Å². The minimum absolute atomic E-state index is 0.109. The van der Waals surface area contributed by atoms with Gasteiger partial charge in [-0.1, -0.05) is 0 Å². The summed E-state index contributed by atoms with van der Waals surface area (Å²) in [6, 6.07) is 0. The number of aliphatic hydroxyl groups is 1. The third-order valence-corrected chi connectivity index (χ3v) is 4.03. The minimum Gasteiger partial charge on any atom is -0.395 e. The number of hydroxylamine groups is 2. The van der Waals surface area contributed by atoms with Crippen LogP contribution in [0.15, 0.2) is 20.2 Å². The van der Waals surface area contributed by atoms with Gasteiger partial charge in [-0.05, 0) is 34.6 Å².